The first-order valence-corrected chi connectivity index (χ1v) is 3.89. The van der Waals surface area contributed by atoms with Gasteiger partial charge in [0, 0.05) is 25.6 Å². The lowest BCUT2D eigenvalue weighted by atomic mass is 10.3. The standard InChI is InChI=1S/C7H11N5/c8-7(6-3-10-4-11-6)12-2-1-9-5-12/h1-2,5-6,8,10-11H,3-4H2. The molecule has 2 heterocycles. The van der Waals surface area contributed by atoms with Gasteiger partial charge in [-0.3, -0.25) is 15.3 Å². The molecule has 1 fully saturated rings. The first-order chi connectivity index (χ1) is 5.88. The molecule has 0 radical (unpaired) electrons. The first kappa shape index (κ1) is 7.45. The Labute approximate surface area is 70.3 Å². The quantitative estimate of drug-likeness (QED) is 0.378. The largest absolute Gasteiger partial charge is 0.302 e. The minimum Gasteiger partial charge on any atom is -0.302 e. The van der Waals surface area contributed by atoms with Crippen LogP contribution in [0.1, 0.15) is 0 Å². The number of aromatic nitrogens is 2. The molecule has 1 atom stereocenters. The number of nitrogens with one attached hydrogen (secondary N) is 3. The van der Waals surface area contributed by atoms with Gasteiger partial charge in [0.05, 0.1) is 6.04 Å². The molecule has 0 aromatic carbocycles. The smallest absolute Gasteiger partial charge is 0.124 e. The summed E-state index contributed by atoms with van der Waals surface area (Å²) in [6, 6.07) is 0.110. The third-order valence-corrected chi connectivity index (χ3v) is 1.93. The molecule has 0 aliphatic carbocycles. The summed E-state index contributed by atoms with van der Waals surface area (Å²) in [5, 5.41) is 14.1. The summed E-state index contributed by atoms with van der Waals surface area (Å²) in [7, 11) is 0. The molecule has 0 bridgehead atoms. The molecule has 5 heteroatoms. The summed E-state index contributed by atoms with van der Waals surface area (Å²) in [6.45, 7) is 1.60. The number of hydrogen-bond acceptors (Lipinski definition) is 4. The Morgan fingerprint density at radius 1 is 1.67 bits per heavy atom. The molecule has 1 aromatic heterocycles. The highest BCUT2D eigenvalue weighted by Crippen LogP contribution is 1.94. The lowest BCUT2D eigenvalue weighted by Gasteiger charge is -2.10. The number of hydrogen-bond donors (Lipinski definition) is 3. The van der Waals surface area contributed by atoms with Gasteiger partial charge in [-0.2, -0.15) is 0 Å². The van der Waals surface area contributed by atoms with E-state index in [-0.39, 0.29) is 6.04 Å². The van der Waals surface area contributed by atoms with Crippen LogP contribution in [-0.4, -0.2) is 34.6 Å². The molecule has 0 amide bonds. The molecule has 1 aromatic rings. The molecule has 0 saturated carbocycles. The van der Waals surface area contributed by atoms with E-state index in [2.05, 4.69) is 15.6 Å². The summed E-state index contributed by atoms with van der Waals surface area (Å²) in [5.74, 6) is 0.539. The van der Waals surface area contributed by atoms with E-state index in [0.717, 1.165) is 13.2 Å². The van der Waals surface area contributed by atoms with E-state index in [4.69, 9.17) is 5.41 Å². The van der Waals surface area contributed by atoms with E-state index in [9.17, 15) is 0 Å². The van der Waals surface area contributed by atoms with Crippen LogP contribution in [0.2, 0.25) is 0 Å². The van der Waals surface area contributed by atoms with Crippen LogP contribution in [0, 0.1) is 5.41 Å². The van der Waals surface area contributed by atoms with Crippen LogP contribution >= 0.6 is 0 Å². The molecular formula is C7H11N5. The maximum Gasteiger partial charge on any atom is 0.124 e. The van der Waals surface area contributed by atoms with Crippen molar-refractivity contribution in [3.8, 4) is 0 Å². The Morgan fingerprint density at radius 2 is 2.58 bits per heavy atom. The number of imidazole rings is 1. The van der Waals surface area contributed by atoms with Crippen molar-refractivity contribution >= 4 is 5.84 Å². The van der Waals surface area contributed by atoms with Gasteiger partial charge in [0.15, 0.2) is 0 Å². The monoisotopic (exact) mass is 165 g/mol. The average Bonchev–Trinajstić information content (AvgIpc) is 2.77. The Hall–Kier alpha value is -1.20. The molecule has 64 valence electrons. The zero-order chi connectivity index (χ0) is 8.39. The molecule has 0 spiro atoms. The van der Waals surface area contributed by atoms with Gasteiger partial charge >= 0.3 is 0 Å². The highest BCUT2D eigenvalue weighted by molar-refractivity contribution is 5.87. The highest BCUT2D eigenvalue weighted by atomic mass is 15.2. The van der Waals surface area contributed by atoms with Crippen molar-refractivity contribution in [2.75, 3.05) is 13.2 Å². The molecule has 2 rings (SSSR count). The van der Waals surface area contributed by atoms with Gasteiger partial charge in [-0.15, -0.1) is 0 Å². The molecule has 1 saturated heterocycles. The van der Waals surface area contributed by atoms with Gasteiger partial charge in [0.1, 0.15) is 12.2 Å². The van der Waals surface area contributed by atoms with Crippen molar-refractivity contribution in [3.63, 3.8) is 0 Å². The minimum absolute atomic E-state index is 0.110. The number of nitrogens with zero attached hydrogens (tertiary/aromatic N) is 2. The van der Waals surface area contributed by atoms with Crippen LogP contribution in [-0.2, 0) is 0 Å². The Balaban J connectivity index is 2.09. The van der Waals surface area contributed by atoms with Crippen molar-refractivity contribution in [1.82, 2.24) is 20.2 Å². The van der Waals surface area contributed by atoms with Crippen molar-refractivity contribution in [1.29, 1.82) is 5.41 Å². The molecular weight excluding hydrogens is 154 g/mol. The fraction of sp³-hybridized carbons (Fsp3) is 0.429. The summed E-state index contributed by atoms with van der Waals surface area (Å²) in [6.07, 6.45) is 5.10. The van der Waals surface area contributed by atoms with Crippen LogP contribution in [0.5, 0.6) is 0 Å². The van der Waals surface area contributed by atoms with Gasteiger partial charge in [-0.05, 0) is 0 Å². The van der Waals surface area contributed by atoms with Crippen LogP contribution < -0.4 is 10.6 Å². The molecule has 3 N–H and O–H groups in total. The van der Waals surface area contributed by atoms with Gasteiger partial charge in [-0.25, -0.2) is 4.98 Å². The highest BCUT2D eigenvalue weighted by Gasteiger charge is 2.18. The third-order valence-electron chi connectivity index (χ3n) is 1.93. The van der Waals surface area contributed by atoms with E-state index in [1.165, 1.54) is 0 Å². The lowest BCUT2D eigenvalue weighted by Crippen LogP contribution is -2.36. The van der Waals surface area contributed by atoms with E-state index >= 15 is 0 Å². The zero-order valence-electron chi connectivity index (χ0n) is 6.62. The fourth-order valence-corrected chi connectivity index (χ4v) is 1.26. The molecule has 12 heavy (non-hydrogen) atoms. The molecule has 1 aliphatic rings. The van der Waals surface area contributed by atoms with Crippen LogP contribution in [0.3, 0.4) is 0 Å². The maximum absolute atomic E-state index is 7.76. The normalized spacial score (nSPS) is 22.8. The second-order valence-corrected chi connectivity index (χ2v) is 2.74. The van der Waals surface area contributed by atoms with E-state index < -0.39 is 0 Å². The van der Waals surface area contributed by atoms with E-state index in [0.29, 0.717) is 5.84 Å². The van der Waals surface area contributed by atoms with Gasteiger partial charge < -0.3 is 5.32 Å². The SMILES string of the molecule is N=C(C1CNCN1)n1ccnc1. The second kappa shape index (κ2) is 3.04. The van der Waals surface area contributed by atoms with Crippen molar-refractivity contribution in [3.05, 3.63) is 18.7 Å². The maximum atomic E-state index is 7.76. The van der Waals surface area contributed by atoms with Crippen LogP contribution in [0.25, 0.3) is 0 Å². The van der Waals surface area contributed by atoms with Gasteiger partial charge in [0.25, 0.3) is 0 Å². The minimum atomic E-state index is 0.110. The summed E-state index contributed by atoms with van der Waals surface area (Å²) >= 11 is 0. The third kappa shape index (κ3) is 1.24. The second-order valence-electron chi connectivity index (χ2n) is 2.74. The Morgan fingerprint density at radius 3 is 3.17 bits per heavy atom. The molecule has 1 unspecified atom stereocenters. The van der Waals surface area contributed by atoms with E-state index in [1.54, 1.807) is 23.3 Å². The first-order valence-electron chi connectivity index (χ1n) is 3.89. The Bertz CT molecular complexity index is 259. The Kier molecular flexibility index (Phi) is 1.89. The number of rotatable bonds is 1. The lowest BCUT2D eigenvalue weighted by molar-refractivity contribution is 0.753. The van der Waals surface area contributed by atoms with Crippen LogP contribution in [0.15, 0.2) is 18.7 Å². The topological polar surface area (TPSA) is 65.7 Å². The summed E-state index contributed by atoms with van der Waals surface area (Å²) in [5.41, 5.74) is 0. The van der Waals surface area contributed by atoms with E-state index in [1.807, 2.05) is 0 Å². The van der Waals surface area contributed by atoms with Crippen molar-refractivity contribution in [2.24, 2.45) is 0 Å². The predicted molar refractivity (Wildman–Crippen MR) is 45.1 cm³/mol. The van der Waals surface area contributed by atoms with Gasteiger partial charge in [0.2, 0.25) is 0 Å². The zero-order valence-corrected chi connectivity index (χ0v) is 6.62. The average molecular weight is 165 g/mol. The predicted octanol–water partition coefficient (Wildman–Crippen LogP) is -0.773. The summed E-state index contributed by atoms with van der Waals surface area (Å²) < 4.78 is 1.71. The van der Waals surface area contributed by atoms with Gasteiger partial charge in [-0.1, -0.05) is 0 Å². The van der Waals surface area contributed by atoms with Crippen molar-refractivity contribution < 1.29 is 0 Å². The van der Waals surface area contributed by atoms with Crippen LogP contribution in [0.4, 0.5) is 0 Å². The summed E-state index contributed by atoms with van der Waals surface area (Å²) in [4.78, 5) is 3.89. The molecule has 1 aliphatic heterocycles. The molecule has 5 nitrogen and oxygen atoms in total. The van der Waals surface area contributed by atoms with Crippen molar-refractivity contribution in [2.45, 2.75) is 6.04 Å². The fourth-order valence-electron chi connectivity index (χ4n) is 1.26.